The molecule has 1 spiro atoms. The molecule has 0 atom stereocenters. The Hall–Kier alpha value is -1.85. The second-order valence-electron chi connectivity index (χ2n) is 7.30. The van der Waals surface area contributed by atoms with Gasteiger partial charge in [-0.25, -0.2) is 0 Å². The fourth-order valence-corrected chi connectivity index (χ4v) is 4.24. The summed E-state index contributed by atoms with van der Waals surface area (Å²) in [5.41, 5.74) is 3.60. The van der Waals surface area contributed by atoms with E-state index in [1.54, 1.807) is 7.11 Å². The van der Waals surface area contributed by atoms with Gasteiger partial charge in [0, 0.05) is 30.8 Å². The third-order valence-corrected chi connectivity index (χ3v) is 5.58. The van der Waals surface area contributed by atoms with Crippen LogP contribution in [0.4, 0.5) is 0 Å². The van der Waals surface area contributed by atoms with Crippen molar-refractivity contribution >= 4 is 0 Å². The van der Waals surface area contributed by atoms with Crippen molar-refractivity contribution in [1.82, 2.24) is 15.1 Å². The van der Waals surface area contributed by atoms with Crippen molar-refractivity contribution in [1.29, 1.82) is 0 Å². The van der Waals surface area contributed by atoms with E-state index in [2.05, 4.69) is 27.2 Å². The molecule has 1 aromatic heterocycles. The van der Waals surface area contributed by atoms with E-state index in [9.17, 15) is 0 Å². The maximum atomic E-state index is 6.22. The highest BCUT2D eigenvalue weighted by atomic mass is 16.5. The first-order valence-electron chi connectivity index (χ1n) is 9.31. The van der Waals surface area contributed by atoms with Crippen LogP contribution in [0.15, 0.2) is 30.5 Å². The number of methoxy groups -OCH3 is 1. The normalized spacial score (nSPS) is 20.7. The lowest BCUT2D eigenvalue weighted by atomic mass is 9.83. The van der Waals surface area contributed by atoms with Crippen LogP contribution in [-0.2, 0) is 11.3 Å². The summed E-state index contributed by atoms with van der Waals surface area (Å²) in [6.07, 6.45) is 8.34. The molecule has 2 aromatic rings. The third-order valence-electron chi connectivity index (χ3n) is 5.58. The van der Waals surface area contributed by atoms with Gasteiger partial charge in [0.2, 0.25) is 0 Å². The number of hydrogen-bond donors (Lipinski definition) is 1. The van der Waals surface area contributed by atoms with Crippen molar-refractivity contribution in [3.63, 3.8) is 0 Å². The Morgan fingerprint density at radius 1 is 1.20 bits per heavy atom. The molecular weight excluding hydrogens is 314 g/mol. The van der Waals surface area contributed by atoms with Crippen LogP contribution in [0.5, 0.6) is 5.75 Å². The number of morpholine rings is 1. The number of ether oxygens (including phenoxy) is 2. The number of nitrogens with zero attached hydrogens (tertiary/aromatic N) is 2. The second-order valence-corrected chi connectivity index (χ2v) is 7.30. The first-order valence-corrected chi connectivity index (χ1v) is 9.31. The Kier molecular flexibility index (Phi) is 4.77. The Bertz CT molecular complexity index is 684. The number of H-pyrrole nitrogens is 1. The number of nitrogens with one attached hydrogen (secondary N) is 1. The maximum absolute atomic E-state index is 6.22. The molecular formula is C20H27N3O2. The molecule has 0 unspecified atom stereocenters. The van der Waals surface area contributed by atoms with Crippen molar-refractivity contribution in [2.75, 3.05) is 26.8 Å². The average molecular weight is 341 g/mol. The SMILES string of the molecule is COc1ccc(-c2[nH]ncc2CN2CCOC3(CCCCC3)C2)cc1. The van der Waals surface area contributed by atoms with E-state index < -0.39 is 0 Å². The van der Waals surface area contributed by atoms with E-state index in [4.69, 9.17) is 9.47 Å². The number of rotatable bonds is 4. The Balaban J connectivity index is 1.48. The Labute approximate surface area is 149 Å². The van der Waals surface area contributed by atoms with Gasteiger partial charge in [-0.05, 0) is 37.1 Å². The summed E-state index contributed by atoms with van der Waals surface area (Å²) in [5, 5.41) is 7.47. The summed E-state index contributed by atoms with van der Waals surface area (Å²) in [6.45, 7) is 3.80. The molecule has 1 aromatic carbocycles. The zero-order valence-corrected chi connectivity index (χ0v) is 15.0. The Morgan fingerprint density at radius 2 is 2.00 bits per heavy atom. The van der Waals surface area contributed by atoms with Gasteiger partial charge in [-0.15, -0.1) is 0 Å². The van der Waals surface area contributed by atoms with E-state index >= 15 is 0 Å². The minimum atomic E-state index is 0.0977. The van der Waals surface area contributed by atoms with Gasteiger partial charge >= 0.3 is 0 Å². The van der Waals surface area contributed by atoms with Gasteiger partial charge in [-0.2, -0.15) is 5.10 Å². The van der Waals surface area contributed by atoms with Crippen molar-refractivity contribution < 1.29 is 9.47 Å². The van der Waals surface area contributed by atoms with Gasteiger partial charge in [-0.3, -0.25) is 10.00 Å². The summed E-state index contributed by atoms with van der Waals surface area (Å²) < 4.78 is 11.5. The highest BCUT2D eigenvalue weighted by Crippen LogP contribution is 2.35. The van der Waals surface area contributed by atoms with Crippen molar-refractivity contribution in [2.45, 2.75) is 44.2 Å². The molecule has 1 aliphatic heterocycles. The maximum Gasteiger partial charge on any atom is 0.118 e. The lowest BCUT2D eigenvalue weighted by Crippen LogP contribution is -2.52. The highest BCUT2D eigenvalue weighted by Gasteiger charge is 2.37. The van der Waals surface area contributed by atoms with E-state index in [-0.39, 0.29) is 5.60 Å². The summed E-state index contributed by atoms with van der Waals surface area (Å²) in [4.78, 5) is 2.53. The number of benzene rings is 1. The highest BCUT2D eigenvalue weighted by molar-refractivity contribution is 5.63. The lowest BCUT2D eigenvalue weighted by Gasteiger charge is -2.45. The molecule has 134 valence electrons. The van der Waals surface area contributed by atoms with Crippen LogP contribution in [0.2, 0.25) is 0 Å². The summed E-state index contributed by atoms with van der Waals surface area (Å²) in [6, 6.07) is 8.15. The monoisotopic (exact) mass is 341 g/mol. The minimum absolute atomic E-state index is 0.0977. The molecule has 1 aliphatic carbocycles. The van der Waals surface area contributed by atoms with Crippen molar-refractivity contribution in [3.05, 3.63) is 36.0 Å². The molecule has 1 saturated heterocycles. The van der Waals surface area contributed by atoms with Crippen LogP contribution in [0.1, 0.15) is 37.7 Å². The molecule has 5 heteroatoms. The van der Waals surface area contributed by atoms with Gasteiger partial charge in [0.1, 0.15) is 5.75 Å². The van der Waals surface area contributed by atoms with Gasteiger partial charge in [0.05, 0.1) is 31.2 Å². The molecule has 1 N–H and O–H groups in total. The average Bonchev–Trinajstić information content (AvgIpc) is 3.10. The fraction of sp³-hybridized carbons (Fsp3) is 0.550. The first kappa shape index (κ1) is 16.6. The van der Waals surface area contributed by atoms with Crippen LogP contribution < -0.4 is 4.74 Å². The predicted octanol–water partition coefficient (Wildman–Crippen LogP) is 3.62. The van der Waals surface area contributed by atoms with Crippen molar-refractivity contribution in [3.8, 4) is 17.0 Å². The van der Waals surface area contributed by atoms with Gasteiger partial charge in [0.15, 0.2) is 0 Å². The second kappa shape index (κ2) is 7.18. The predicted molar refractivity (Wildman–Crippen MR) is 97.6 cm³/mol. The quantitative estimate of drug-likeness (QED) is 0.923. The zero-order chi connectivity index (χ0) is 17.1. The van der Waals surface area contributed by atoms with Crippen LogP contribution in [0.25, 0.3) is 11.3 Å². The molecule has 2 fully saturated rings. The smallest absolute Gasteiger partial charge is 0.118 e. The summed E-state index contributed by atoms with van der Waals surface area (Å²) in [5.74, 6) is 0.872. The first-order chi connectivity index (χ1) is 12.3. The summed E-state index contributed by atoms with van der Waals surface area (Å²) in [7, 11) is 1.69. The molecule has 0 radical (unpaired) electrons. The van der Waals surface area contributed by atoms with Crippen LogP contribution in [-0.4, -0.2) is 47.5 Å². The van der Waals surface area contributed by atoms with E-state index in [1.807, 2.05) is 18.3 Å². The molecule has 25 heavy (non-hydrogen) atoms. The fourth-order valence-electron chi connectivity index (χ4n) is 4.24. The topological polar surface area (TPSA) is 50.4 Å². The third kappa shape index (κ3) is 3.58. The Morgan fingerprint density at radius 3 is 2.76 bits per heavy atom. The molecule has 2 heterocycles. The molecule has 1 saturated carbocycles. The number of aromatic nitrogens is 2. The molecule has 2 aliphatic rings. The molecule has 0 bridgehead atoms. The van der Waals surface area contributed by atoms with Crippen LogP contribution in [0, 0.1) is 0 Å². The zero-order valence-electron chi connectivity index (χ0n) is 15.0. The number of aromatic amines is 1. The molecule has 4 rings (SSSR count). The largest absolute Gasteiger partial charge is 0.497 e. The van der Waals surface area contributed by atoms with Gasteiger partial charge in [0.25, 0.3) is 0 Å². The standard InChI is InChI=1S/C20H27N3O2/c1-24-18-7-5-16(6-8-18)19-17(13-21-22-19)14-23-11-12-25-20(15-23)9-3-2-4-10-20/h5-8,13H,2-4,9-12,14-15H2,1H3,(H,21,22). The van der Waals surface area contributed by atoms with Gasteiger partial charge < -0.3 is 9.47 Å². The van der Waals surface area contributed by atoms with Crippen LogP contribution in [0.3, 0.4) is 0 Å². The minimum Gasteiger partial charge on any atom is -0.497 e. The van der Waals surface area contributed by atoms with E-state index in [0.717, 1.165) is 43.2 Å². The van der Waals surface area contributed by atoms with Gasteiger partial charge in [-0.1, -0.05) is 19.3 Å². The van der Waals surface area contributed by atoms with E-state index in [0.29, 0.717) is 0 Å². The van der Waals surface area contributed by atoms with E-state index in [1.165, 1.54) is 37.7 Å². The van der Waals surface area contributed by atoms with Crippen molar-refractivity contribution in [2.24, 2.45) is 0 Å². The lowest BCUT2D eigenvalue weighted by molar-refractivity contribution is -0.128. The molecule has 5 nitrogen and oxygen atoms in total. The number of hydrogen-bond acceptors (Lipinski definition) is 4. The van der Waals surface area contributed by atoms with Crippen LogP contribution >= 0.6 is 0 Å². The molecule has 0 amide bonds. The summed E-state index contributed by atoms with van der Waals surface area (Å²) >= 11 is 0.